The SMILES string of the molecule is Cc1nn(-c2ccccc2)c(C)c1/C=C/C(=O)N1CCO[C@H]2CNC[C@H]21. The lowest BCUT2D eigenvalue weighted by Gasteiger charge is -2.36. The molecule has 1 aromatic heterocycles. The van der Waals surface area contributed by atoms with E-state index in [-0.39, 0.29) is 18.1 Å². The lowest BCUT2D eigenvalue weighted by molar-refractivity contribution is -0.137. The molecule has 26 heavy (non-hydrogen) atoms. The molecular weight excluding hydrogens is 328 g/mol. The molecule has 1 N–H and O–H groups in total. The minimum atomic E-state index is 0.0401. The van der Waals surface area contributed by atoms with Gasteiger partial charge in [-0.15, -0.1) is 0 Å². The number of aromatic nitrogens is 2. The normalized spacial score (nSPS) is 22.8. The lowest BCUT2D eigenvalue weighted by atomic mass is 10.1. The number of amides is 1. The molecule has 0 bridgehead atoms. The van der Waals surface area contributed by atoms with E-state index in [1.807, 2.05) is 59.8 Å². The van der Waals surface area contributed by atoms with E-state index in [0.717, 1.165) is 35.7 Å². The first-order valence-electron chi connectivity index (χ1n) is 9.08. The number of nitrogens with zero attached hydrogens (tertiary/aromatic N) is 3. The second-order valence-electron chi connectivity index (χ2n) is 6.83. The standard InChI is InChI=1S/C20H24N4O2/c1-14-17(15(2)24(22-14)16-6-4-3-5-7-16)8-9-20(25)23-10-11-26-19-13-21-12-18(19)23/h3-9,18-19,21H,10-13H2,1-2H3/b9-8+/t18-,19+/m1/s1. The second-order valence-corrected chi connectivity index (χ2v) is 6.83. The van der Waals surface area contributed by atoms with Crippen LogP contribution in [-0.4, -0.2) is 59.0 Å². The fraction of sp³-hybridized carbons (Fsp3) is 0.400. The van der Waals surface area contributed by atoms with E-state index >= 15 is 0 Å². The molecule has 2 fully saturated rings. The quantitative estimate of drug-likeness (QED) is 0.855. The highest BCUT2D eigenvalue weighted by Crippen LogP contribution is 2.21. The van der Waals surface area contributed by atoms with E-state index in [9.17, 15) is 4.79 Å². The fourth-order valence-corrected chi connectivity index (χ4v) is 3.83. The predicted octanol–water partition coefficient (Wildman–Crippen LogP) is 1.70. The van der Waals surface area contributed by atoms with Gasteiger partial charge in [-0.2, -0.15) is 5.10 Å². The molecule has 2 aromatic rings. The van der Waals surface area contributed by atoms with E-state index in [0.29, 0.717) is 13.2 Å². The van der Waals surface area contributed by atoms with Crippen molar-refractivity contribution in [1.29, 1.82) is 0 Å². The molecular formula is C20H24N4O2. The minimum Gasteiger partial charge on any atom is -0.373 e. The molecule has 4 rings (SSSR count). The van der Waals surface area contributed by atoms with Gasteiger partial charge in [0, 0.05) is 37.0 Å². The molecule has 0 aliphatic carbocycles. The smallest absolute Gasteiger partial charge is 0.247 e. The summed E-state index contributed by atoms with van der Waals surface area (Å²) in [6.45, 7) is 6.87. The van der Waals surface area contributed by atoms with Gasteiger partial charge < -0.3 is 15.0 Å². The highest BCUT2D eigenvalue weighted by atomic mass is 16.5. The summed E-state index contributed by atoms with van der Waals surface area (Å²) < 4.78 is 7.66. The third kappa shape index (κ3) is 3.06. The maximum Gasteiger partial charge on any atom is 0.247 e. The molecule has 0 spiro atoms. The van der Waals surface area contributed by atoms with Crippen molar-refractivity contribution in [2.75, 3.05) is 26.2 Å². The van der Waals surface area contributed by atoms with Gasteiger partial charge in [-0.3, -0.25) is 4.79 Å². The third-order valence-corrected chi connectivity index (χ3v) is 5.22. The number of benzene rings is 1. The number of aryl methyl sites for hydroxylation is 1. The van der Waals surface area contributed by atoms with Crippen LogP contribution in [0.2, 0.25) is 0 Å². The molecule has 1 aromatic carbocycles. The van der Waals surface area contributed by atoms with Crippen LogP contribution < -0.4 is 5.32 Å². The van der Waals surface area contributed by atoms with Crippen LogP contribution >= 0.6 is 0 Å². The maximum absolute atomic E-state index is 12.7. The molecule has 2 saturated heterocycles. The monoisotopic (exact) mass is 352 g/mol. The first-order valence-corrected chi connectivity index (χ1v) is 9.08. The number of nitrogens with one attached hydrogen (secondary N) is 1. The fourth-order valence-electron chi connectivity index (χ4n) is 3.83. The van der Waals surface area contributed by atoms with Crippen molar-refractivity contribution in [3.8, 4) is 5.69 Å². The number of rotatable bonds is 3. The van der Waals surface area contributed by atoms with Crippen molar-refractivity contribution in [2.24, 2.45) is 0 Å². The van der Waals surface area contributed by atoms with Crippen molar-refractivity contribution < 1.29 is 9.53 Å². The van der Waals surface area contributed by atoms with Crippen molar-refractivity contribution in [3.63, 3.8) is 0 Å². The molecule has 2 aliphatic rings. The zero-order chi connectivity index (χ0) is 18.1. The van der Waals surface area contributed by atoms with Gasteiger partial charge in [0.25, 0.3) is 0 Å². The Balaban J connectivity index is 1.55. The summed E-state index contributed by atoms with van der Waals surface area (Å²) in [5, 5.41) is 7.94. The molecule has 0 radical (unpaired) electrons. The van der Waals surface area contributed by atoms with Gasteiger partial charge in [0.1, 0.15) is 0 Å². The summed E-state index contributed by atoms with van der Waals surface area (Å²) in [5.41, 5.74) is 3.96. The van der Waals surface area contributed by atoms with Crippen molar-refractivity contribution in [3.05, 3.63) is 53.4 Å². The van der Waals surface area contributed by atoms with E-state index in [4.69, 9.17) is 4.74 Å². The molecule has 136 valence electrons. The van der Waals surface area contributed by atoms with Gasteiger partial charge in [-0.25, -0.2) is 4.68 Å². The topological polar surface area (TPSA) is 59.4 Å². The number of morpholine rings is 1. The number of ether oxygens (including phenoxy) is 1. The summed E-state index contributed by atoms with van der Waals surface area (Å²) in [5.74, 6) is 0.0401. The summed E-state index contributed by atoms with van der Waals surface area (Å²) in [6, 6.07) is 10.2. The summed E-state index contributed by atoms with van der Waals surface area (Å²) >= 11 is 0. The Kier molecular flexibility index (Phi) is 4.61. The van der Waals surface area contributed by atoms with Gasteiger partial charge in [0.05, 0.1) is 30.1 Å². The third-order valence-electron chi connectivity index (χ3n) is 5.22. The Morgan fingerprint density at radius 2 is 2.08 bits per heavy atom. The van der Waals surface area contributed by atoms with E-state index in [2.05, 4.69) is 10.4 Å². The Bertz CT molecular complexity index is 828. The molecule has 6 nitrogen and oxygen atoms in total. The molecule has 0 unspecified atom stereocenters. The summed E-state index contributed by atoms with van der Waals surface area (Å²) in [4.78, 5) is 14.7. The van der Waals surface area contributed by atoms with Gasteiger partial charge in [-0.05, 0) is 32.1 Å². The Morgan fingerprint density at radius 3 is 2.88 bits per heavy atom. The Morgan fingerprint density at radius 1 is 1.27 bits per heavy atom. The largest absolute Gasteiger partial charge is 0.373 e. The molecule has 6 heteroatoms. The second kappa shape index (κ2) is 7.05. The highest BCUT2D eigenvalue weighted by molar-refractivity contribution is 5.92. The van der Waals surface area contributed by atoms with E-state index in [1.54, 1.807) is 6.08 Å². The first kappa shape index (κ1) is 17.0. The van der Waals surface area contributed by atoms with Crippen molar-refractivity contribution in [1.82, 2.24) is 20.0 Å². The first-order chi connectivity index (χ1) is 12.6. The maximum atomic E-state index is 12.7. The summed E-state index contributed by atoms with van der Waals surface area (Å²) in [7, 11) is 0. The number of carbonyl (C=O) groups excluding carboxylic acids is 1. The van der Waals surface area contributed by atoms with Crippen molar-refractivity contribution in [2.45, 2.75) is 26.0 Å². The van der Waals surface area contributed by atoms with Crippen LogP contribution in [0, 0.1) is 13.8 Å². The average Bonchev–Trinajstić information content (AvgIpc) is 3.25. The average molecular weight is 352 g/mol. The van der Waals surface area contributed by atoms with Crippen LogP contribution in [-0.2, 0) is 9.53 Å². The van der Waals surface area contributed by atoms with Gasteiger partial charge in [-0.1, -0.05) is 18.2 Å². The van der Waals surface area contributed by atoms with Crippen LogP contribution in [0.15, 0.2) is 36.4 Å². The van der Waals surface area contributed by atoms with Crippen LogP contribution in [0.25, 0.3) is 11.8 Å². The number of hydrogen-bond donors (Lipinski definition) is 1. The van der Waals surface area contributed by atoms with Gasteiger partial charge >= 0.3 is 0 Å². The zero-order valence-electron chi connectivity index (χ0n) is 15.2. The van der Waals surface area contributed by atoms with Gasteiger partial charge in [0.15, 0.2) is 0 Å². The lowest BCUT2D eigenvalue weighted by Crippen LogP contribution is -2.52. The van der Waals surface area contributed by atoms with Crippen molar-refractivity contribution >= 4 is 12.0 Å². The highest BCUT2D eigenvalue weighted by Gasteiger charge is 2.37. The molecule has 0 saturated carbocycles. The van der Waals surface area contributed by atoms with Crippen LogP contribution in [0.3, 0.4) is 0 Å². The number of fused-ring (bicyclic) bond motifs is 1. The molecule has 2 atom stereocenters. The van der Waals surface area contributed by atoms with Gasteiger partial charge in [0.2, 0.25) is 5.91 Å². The van der Waals surface area contributed by atoms with Crippen LogP contribution in [0.1, 0.15) is 17.0 Å². The zero-order valence-corrected chi connectivity index (χ0v) is 15.2. The van der Waals surface area contributed by atoms with E-state index < -0.39 is 0 Å². The number of carbonyl (C=O) groups is 1. The van der Waals surface area contributed by atoms with Crippen LogP contribution in [0.4, 0.5) is 0 Å². The summed E-state index contributed by atoms with van der Waals surface area (Å²) in [6.07, 6.45) is 3.68. The van der Waals surface area contributed by atoms with E-state index in [1.165, 1.54) is 0 Å². The van der Waals surface area contributed by atoms with Crippen LogP contribution in [0.5, 0.6) is 0 Å². The Labute approximate surface area is 153 Å². The number of para-hydroxylation sites is 1. The predicted molar refractivity (Wildman–Crippen MR) is 100 cm³/mol. The number of hydrogen-bond acceptors (Lipinski definition) is 4. The Hall–Kier alpha value is -2.44. The molecule has 3 heterocycles. The molecule has 1 amide bonds. The molecule has 2 aliphatic heterocycles. The minimum absolute atomic E-state index is 0.0401.